The summed E-state index contributed by atoms with van der Waals surface area (Å²) in [5.74, 6) is -1.70. The third-order valence-corrected chi connectivity index (χ3v) is 3.79. The topological polar surface area (TPSA) is 12.0 Å². The molecular weight excluding hydrogens is 343 g/mol. The summed E-state index contributed by atoms with van der Waals surface area (Å²) in [6.45, 7) is 2.62. The van der Waals surface area contributed by atoms with Crippen LogP contribution in [-0.4, -0.2) is 6.54 Å². The van der Waals surface area contributed by atoms with Gasteiger partial charge in [-0.05, 0) is 52.7 Å². The largest absolute Gasteiger partial charge is 0.306 e. The second-order valence-electron chi connectivity index (χ2n) is 4.73. The molecule has 0 fully saturated rings. The normalized spacial score (nSPS) is 12.4. The van der Waals surface area contributed by atoms with Crippen LogP contribution in [0.25, 0.3) is 0 Å². The van der Waals surface area contributed by atoms with E-state index in [-0.39, 0.29) is 0 Å². The molecule has 0 saturated heterocycles. The summed E-state index contributed by atoms with van der Waals surface area (Å²) in [7, 11) is 0. The van der Waals surface area contributed by atoms with Gasteiger partial charge in [-0.2, -0.15) is 0 Å². The molecule has 21 heavy (non-hydrogen) atoms. The fourth-order valence-corrected chi connectivity index (χ4v) is 2.37. The minimum Gasteiger partial charge on any atom is -0.306 e. The standard InChI is InChI=1S/C16H15BrF3N/c1-2-7-21-16(10-3-6-13(17)15(20)8-10)12-5-4-11(18)9-14(12)19/h3-6,8-9,16,21H,2,7H2,1H3. The van der Waals surface area contributed by atoms with Crippen LogP contribution in [0.3, 0.4) is 0 Å². The van der Waals surface area contributed by atoms with Gasteiger partial charge in [0.05, 0.1) is 10.5 Å². The van der Waals surface area contributed by atoms with E-state index in [1.165, 1.54) is 18.2 Å². The van der Waals surface area contributed by atoms with Gasteiger partial charge in [-0.15, -0.1) is 0 Å². The lowest BCUT2D eigenvalue weighted by atomic mass is 9.98. The maximum atomic E-state index is 14.0. The van der Waals surface area contributed by atoms with Gasteiger partial charge < -0.3 is 5.32 Å². The minimum atomic E-state index is -0.646. The van der Waals surface area contributed by atoms with Crippen LogP contribution in [0.1, 0.15) is 30.5 Å². The van der Waals surface area contributed by atoms with E-state index in [4.69, 9.17) is 0 Å². The van der Waals surface area contributed by atoms with E-state index in [1.54, 1.807) is 12.1 Å². The van der Waals surface area contributed by atoms with Crippen LogP contribution in [0, 0.1) is 17.5 Å². The van der Waals surface area contributed by atoms with Crippen LogP contribution in [0.4, 0.5) is 13.2 Å². The van der Waals surface area contributed by atoms with Crippen LogP contribution in [0.5, 0.6) is 0 Å². The van der Waals surface area contributed by atoms with Gasteiger partial charge in [0, 0.05) is 11.6 Å². The molecule has 5 heteroatoms. The molecule has 2 aromatic rings. The zero-order valence-corrected chi connectivity index (χ0v) is 13.1. The smallest absolute Gasteiger partial charge is 0.137 e. The summed E-state index contributed by atoms with van der Waals surface area (Å²) in [5, 5.41) is 3.16. The number of nitrogens with one attached hydrogen (secondary N) is 1. The molecule has 0 saturated carbocycles. The van der Waals surface area contributed by atoms with Gasteiger partial charge in [-0.1, -0.05) is 19.1 Å². The molecule has 112 valence electrons. The Kier molecular flexibility index (Phi) is 5.42. The van der Waals surface area contributed by atoms with Crippen LogP contribution in [-0.2, 0) is 0 Å². The Hall–Kier alpha value is -1.33. The highest BCUT2D eigenvalue weighted by atomic mass is 79.9. The average molecular weight is 358 g/mol. The zero-order chi connectivity index (χ0) is 15.4. The predicted molar refractivity (Wildman–Crippen MR) is 80.6 cm³/mol. The van der Waals surface area contributed by atoms with E-state index in [9.17, 15) is 13.2 Å². The molecule has 0 aliphatic rings. The Morgan fingerprint density at radius 2 is 1.81 bits per heavy atom. The van der Waals surface area contributed by atoms with Gasteiger partial charge in [0.15, 0.2) is 0 Å². The van der Waals surface area contributed by atoms with Crippen LogP contribution in [0.15, 0.2) is 40.9 Å². The Labute approximate surface area is 130 Å². The molecule has 2 rings (SSSR count). The first kappa shape index (κ1) is 16.0. The quantitative estimate of drug-likeness (QED) is 0.797. The third-order valence-electron chi connectivity index (χ3n) is 3.15. The molecule has 0 spiro atoms. The van der Waals surface area contributed by atoms with Crippen molar-refractivity contribution in [1.82, 2.24) is 5.32 Å². The van der Waals surface area contributed by atoms with Crippen molar-refractivity contribution in [2.75, 3.05) is 6.54 Å². The summed E-state index contributed by atoms with van der Waals surface area (Å²) < 4.78 is 41.1. The van der Waals surface area contributed by atoms with Gasteiger partial charge in [-0.25, -0.2) is 13.2 Å². The lowest BCUT2D eigenvalue weighted by molar-refractivity contribution is 0.530. The van der Waals surface area contributed by atoms with Crippen molar-refractivity contribution in [2.45, 2.75) is 19.4 Å². The molecule has 0 aliphatic heterocycles. The molecule has 1 atom stereocenters. The van der Waals surface area contributed by atoms with E-state index in [2.05, 4.69) is 21.2 Å². The lowest BCUT2D eigenvalue weighted by Gasteiger charge is -2.20. The summed E-state index contributed by atoms with van der Waals surface area (Å²) in [5.41, 5.74) is 0.890. The summed E-state index contributed by atoms with van der Waals surface area (Å²) >= 11 is 3.09. The predicted octanol–water partition coefficient (Wildman–Crippen LogP) is 4.96. The van der Waals surface area contributed by atoms with E-state index >= 15 is 0 Å². The molecule has 0 bridgehead atoms. The number of rotatable bonds is 5. The first-order valence-electron chi connectivity index (χ1n) is 6.66. The number of hydrogen-bond donors (Lipinski definition) is 1. The SMILES string of the molecule is CCCNC(c1ccc(Br)c(F)c1)c1ccc(F)cc1F. The number of hydrogen-bond acceptors (Lipinski definition) is 1. The van der Waals surface area contributed by atoms with Crippen molar-refractivity contribution < 1.29 is 13.2 Å². The van der Waals surface area contributed by atoms with Crippen molar-refractivity contribution in [2.24, 2.45) is 0 Å². The average Bonchev–Trinajstić information content (AvgIpc) is 2.44. The molecule has 0 amide bonds. The Bertz CT molecular complexity index is 631. The summed E-state index contributed by atoms with van der Waals surface area (Å²) in [6, 6.07) is 7.54. The van der Waals surface area contributed by atoms with Crippen molar-refractivity contribution in [3.05, 3.63) is 69.4 Å². The molecule has 2 aromatic carbocycles. The van der Waals surface area contributed by atoms with Gasteiger partial charge in [0.2, 0.25) is 0 Å². The van der Waals surface area contributed by atoms with Crippen LogP contribution in [0.2, 0.25) is 0 Å². The Balaban J connectivity index is 2.44. The molecule has 0 radical (unpaired) electrons. The molecular formula is C16H15BrF3N. The van der Waals surface area contributed by atoms with Crippen molar-refractivity contribution >= 4 is 15.9 Å². The maximum absolute atomic E-state index is 14.0. The zero-order valence-electron chi connectivity index (χ0n) is 11.5. The first-order chi connectivity index (χ1) is 10.0. The second-order valence-corrected chi connectivity index (χ2v) is 5.58. The molecule has 0 aliphatic carbocycles. The van der Waals surface area contributed by atoms with Gasteiger partial charge in [-0.3, -0.25) is 0 Å². The molecule has 0 aromatic heterocycles. The fraction of sp³-hybridized carbons (Fsp3) is 0.250. The highest BCUT2D eigenvalue weighted by Gasteiger charge is 2.19. The maximum Gasteiger partial charge on any atom is 0.137 e. The van der Waals surface area contributed by atoms with E-state index in [1.807, 2.05) is 6.92 Å². The molecule has 1 nitrogen and oxygen atoms in total. The summed E-state index contributed by atoms with van der Waals surface area (Å²) in [4.78, 5) is 0. The van der Waals surface area contributed by atoms with Gasteiger partial charge in [0.25, 0.3) is 0 Å². The second kappa shape index (κ2) is 7.09. The highest BCUT2D eigenvalue weighted by Crippen LogP contribution is 2.27. The van der Waals surface area contributed by atoms with Crippen molar-refractivity contribution in [1.29, 1.82) is 0 Å². The third kappa shape index (κ3) is 3.86. The van der Waals surface area contributed by atoms with Gasteiger partial charge >= 0.3 is 0 Å². The highest BCUT2D eigenvalue weighted by molar-refractivity contribution is 9.10. The van der Waals surface area contributed by atoms with E-state index in [0.29, 0.717) is 22.1 Å². The van der Waals surface area contributed by atoms with E-state index < -0.39 is 23.5 Å². The fourth-order valence-electron chi connectivity index (χ4n) is 2.12. The van der Waals surface area contributed by atoms with Crippen LogP contribution >= 0.6 is 15.9 Å². The Morgan fingerprint density at radius 3 is 2.43 bits per heavy atom. The molecule has 1 unspecified atom stereocenters. The van der Waals surface area contributed by atoms with Gasteiger partial charge in [0.1, 0.15) is 17.5 Å². The molecule has 1 N–H and O–H groups in total. The van der Waals surface area contributed by atoms with Crippen LogP contribution < -0.4 is 5.32 Å². The first-order valence-corrected chi connectivity index (χ1v) is 7.45. The number of benzene rings is 2. The lowest BCUT2D eigenvalue weighted by Crippen LogP contribution is -2.24. The van der Waals surface area contributed by atoms with Crippen molar-refractivity contribution in [3.63, 3.8) is 0 Å². The summed E-state index contributed by atoms with van der Waals surface area (Å²) in [6.07, 6.45) is 0.846. The van der Waals surface area contributed by atoms with E-state index in [0.717, 1.165) is 12.5 Å². The number of halogens is 4. The monoisotopic (exact) mass is 357 g/mol. The van der Waals surface area contributed by atoms with Crippen molar-refractivity contribution in [3.8, 4) is 0 Å². The molecule has 0 heterocycles. The minimum absolute atomic E-state index is 0.298. The Morgan fingerprint density at radius 1 is 1.05 bits per heavy atom.